The molecule has 1 aromatic rings. The van der Waals surface area contributed by atoms with Gasteiger partial charge in [-0.1, -0.05) is 0 Å². The minimum atomic E-state index is -0.447. The summed E-state index contributed by atoms with van der Waals surface area (Å²) in [6.07, 6.45) is 3.40. The second kappa shape index (κ2) is 4.82. The summed E-state index contributed by atoms with van der Waals surface area (Å²) in [5.74, 6) is 0.271. The monoisotopic (exact) mass is 239 g/mol. The van der Waals surface area contributed by atoms with E-state index in [0.29, 0.717) is 11.4 Å². The van der Waals surface area contributed by atoms with Crippen molar-refractivity contribution in [1.29, 1.82) is 0 Å². The number of ether oxygens (including phenoxy) is 2. The number of rotatable bonds is 4. The summed E-state index contributed by atoms with van der Waals surface area (Å²) in [6, 6.07) is 2.80. The summed E-state index contributed by atoms with van der Waals surface area (Å²) in [7, 11) is 0. The standard InChI is InChI=1S/C13H18FNO2/c1-8(2)16-12-7-13(11(15)6-10(12)14)17-9-4-3-5-9/h6-9H,3-5,15H2,1-2H3. The highest BCUT2D eigenvalue weighted by Crippen LogP contribution is 2.34. The first-order valence-corrected chi connectivity index (χ1v) is 5.98. The number of halogens is 1. The Morgan fingerprint density at radius 1 is 1.29 bits per heavy atom. The van der Waals surface area contributed by atoms with E-state index in [0.717, 1.165) is 12.8 Å². The molecule has 1 fully saturated rings. The summed E-state index contributed by atoms with van der Waals surface area (Å²) >= 11 is 0. The number of hydrogen-bond acceptors (Lipinski definition) is 3. The summed E-state index contributed by atoms with van der Waals surface area (Å²) in [4.78, 5) is 0. The third kappa shape index (κ3) is 2.81. The Morgan fingerprint density at radius 2 is 2.00 bits per heavy atom. The molecule has 2 N–H and O–H groups in total. The second-order valence-electron chi connectivity index (χ2n) is 4.66. The van der Waals surface area contributed by atoms with Crippen molar-refractivity contribution in [3.63, 3.8) is 0 Å². The Bertz CT molecular complexity index is 403. The van der Waals surface area contributed by atoms with Crippen LogP contribution in [0.2, 0.25) is 0 Å². The van der Waals surface area contributed by atoms with E-state index >= 15 is 0 Å². The Labute approximate surface area is 101 Å². The van der Waals surface area contributed by atoms with Gasteiger partial charge in [-0.25, -0.2) is 4.39 Å². The molecule has 1 aliphatic carbocycles. The van der Waals surface area contributed by atoms with E-state index in [4.69, 9.17) is 15.2 Å². The van der Waals surface area contributed by atoms with Crippen molar-refractivity contribution in [1.82, 2.24) is 0 Å². The zero-order valence-electron chi connectivity index (χ0n) is 10.2. The smallest absolute Gasteiger partial charge is 0.167 e. The largest absolute Gasteiger partial charge is 0.488 e. The lowest BCUT2D eigenvalue weighted by Gasteiger charge is -2.27. The predicted molar refractivity (Wildman–Crippen MR) is 64.8 cm³/mol. The number of hydrogen-bond donors (Lipinski definition) is 1. The van der Waals surface area contributed by atoms with Gasteiger partial charge in [-0.05, 0) is 33.1 Å². The maximum atomic E-state index is 13.6. The van der Waals surface area contributed by atoms with Crippen LogP contribution in [0.4, 0.5) is 10.1 Å². The molecule has 3 nitrogen and oxygen atoms in total. The highest BCUT2D eigenvalue weighted by Gasteiger charge is 2.21. The first-order chi connectivity index (χ1) is 8.06. The lowest BCUT2D eigenvalue weighted by molar-refractivity contribution is 0.120. The van der Waals surface area contributed by atoms with Crippen LogP contribution in [0.1, 0.15) is 33.1 Å². The lowest BCUT2D eigenvalue weighted by Crippen LogP contribution is -2.25. The van der Waals surface area contributed by atoms with Gasteiger partial charge in [0.15, 0.2) is 11.6 Å². The highest BCUT2D eigenvalue weighted by atomic mass is 19.1. The van der Waals surface area contributed by atoms with Crippen molar-refractivity contribution < 1.29 is 13.9 Å². The molecule has 1 saturated carbocycles. The molecule has 0 bridgehead atoms. The maximum absolute atomic E-state index is 13.6. The van der Waals surface area contributed by atoms with Crippen molar-refractivity contribution in [2.75, 3.05) is 5.73 Å². The Morgan fingerprint density at radius 3 is 2.53 bits per heavy atom. The fourth-order valence-corrected chi connectivity index (χ4v) is 1.66. The van der Waals surface area contributed by atoms with Crippen molar-refractivity contribution in [3.8, 4) is 11.5 Å². The fourth-order valence-electron chi connectivity index (χ4n) is 1.66. The quantitative estimate of drug-likeness (QED) is 0.821. The molecule has 0 heterocycles. The molecule has 4 heteroatoms. The van der Waals surface area contributed by atoms with Crippen molar-refractivity contribution in [2.24, 2.45) is 0 Å². The fraction of sp³-hybridized carbons (Fsp3) is 0.538. The Hall–Kier alpha value is -1.45. The minimum absolute atomic E-state index is 0.0790. The molecule has 0 amide bonds. The average Bonchev–Trinajstić information content (AvgIpc) is 2.17. The molecular formula is C13H18FNO2. The van der Waals surface area contributed by atoms with Gasteiger partial charge in [0.25, 0.3) is 0 Å². The van der Waals surface area contributed by atoms with Crippen molar-refractivity contribution in [3.05, 3.63) is 17.9 Å². The van der Waals surface area contributed by atoms with Gasteiger partial charge in [0.05, 0.1) is 17.9 Å². The van der Waals surface area contributed by atoms with E-state index in [1.807, 2.05) is 13.8 Å². The van der Waals surface area contributed by atoms with Gasteiger partial charge < -0.3 is 15.2 Å². The maximum Gasteiger partial charge on any atom is 0.167 e. The molecular weight excluding hydrogens is 221 g/mol. The molecule has 0 atom stereocenters. The molecule has 0 spiro atoms. The molecule has 1 aliphatic rings. The van der Waals surface area contributed by atoms with Crippen LogP contribution in [0.15, 0.2) is 12.1 Å². The van der Waals surface area contributed by atoms with E-state index in [-0.39, 0.29) is 18.0 Å². The zero-order chi connectivity index (χ0) is 12.4. The zero-order valence-corrected chi connectivity index (χ0v) is 10.2. The molecule has 0 aliphatic heterocycles. The van der Waals surface area contributed by atoms with E-state index in [9.17, 15) is 4.39 Å². The van der Waals surface area contributed by atoms with Crippen molar-refractivity contribution >= 4 is 5.69 Å². The summed E-state index contributed by atoms with van der Waals surface area (Å²) in [6.45, 7) is 3.70. The van der Waals surface area contributed by atoms with Crippen LogP contribution in [0.25, 0.3) is 0 Å². The molecule has 0 unspecified atom stereocenters. The molecule has 2 rings (SSSR count). The van der Waals surface area contributed by atoms with Gasteiger partial charge in [-0.3, -0.25) is 0 Å². The van der Waals surface area contributed by atoms with E-state index in [1.165, 1.54) is 12.5 Å². The van der Waals surface area contributed by atoms with Gasteiger partial charge in [0.1, 0.15) is 5.75 Å². The first-order valence-electron chi connectivity index (χ1n) is 5.98. The van der Waals surface area contributed by atoms with Gasteiger partial charge >= 0.3 is 0 Å². The van der Waals surface area contributed by atoms with Gasteiger partial charge in [0.2, 0.25) is 0 Å². The third-order valence-corrected chi connectivity index (χ3v) is 2.77. The average molecular weight is 239 g/mol. The summed E-state index contributed by atoms with van der Waals surface area (Å²) in [5, 5.41) is 0. The first kappa shape index (κ1) is 12.0. The normalized spacial score (nSPS) is 15.8. The SMILES string of the molecule is CC(C)Oc1cc(OC2CCC2)c(N)cc1F. The summed E-state index contributed by atoms with van der Waals surface area (Å²) < 4.78 is 24.6. The lowest BCUT2D eigenvalue weighted by atomic mass is 9.96. The van der Waals surface area contributed by atoms with Crippen molar-refractivity contribution in [2.45, 2.75) is 45.3 Å². The predicted octanol–water partition coefficient (Wildman–Crippen LogP) is 3.13. The molecule has 17 heavy (non-hydrogen) atoms. The molecule has 0 radical (unpaired) electrons. The van der Waals surface area contributed by atoms with Crippen LogP contribution in [-0.4, -0.2) is 12.2 Å². The van der Waals surface area contributed by atoms with E-state index < -0.39 is 5.82 Å². The number of benzene rings is 1. The summed E-state index contributed by atoms with van der Waals surface area (Å²) in [5.41, 5.74) is 6.05. The molecule has 1 aromatic carbocycles. The van der Waals surface area contributed by atoms with Crippen LogP contribution in [0.3, 0.4) is 0 Å². The molecule has 94 valence electrons. The number of nitrogens with two attached hydrogens (primary N) is 1. The van der Waals surface area contributed by atoms with Gasteiger partial charge in [-0.2, -0.15) is 0 Å². The van der Waals surface area contributed by atoms with E-state index in [2.05, 4.69) is 0 Å². The van der Waals surface area contributed by atoms with Crippen LogP contribution in [-0.2, 0) is 0 Å². The van der Waals surface area contributed by atoms with Crippen LogP contribution in [0, 0.1) is 5.82 Å². The van der Waals surface area contributed by atoms with Crippen LogP contribution < -0.4 is 15.2 Å². The number of nitrogen functional groups attached to an aromatic ring is 1. The van der Waals surface area contributed by atoms with Gasteiger partial charge in [-0.15, -0.1) is 0 Å². The van der Waals surface area contributed by atoms with Crippen LogP contribution >= 0.6 is 0 Å². The van der Waals surface area contributed by atoms with Crippen LogP contribution in [0.5, 0.6) is 11.5 Å². The highest BCUT2D eigenvalue weighted by molar-refractivity contribution is 5.56. The van der Waals surface area contributed by atoms with Gasteiger partial charge in [0, 0.05) is 12.1 Å². The number of anilines is 1. The topological polar surface area (TPSA) is 44.5 Å². The second-order valence-corrected chi connectivity index (χ2v) is 4.66. The molecule has 0 saturated heterocycles. The Kier molecular flexibility index (Phi) is 3.41. The van der Waals surface area contributed by atoms with E-state index in [1.54, 1.807) is 6.07 Å². The third-order valence-electron chi connectivity index (χ3n) is 2.77. The Balaban J connectivity index is 2.18. The minimum Gasteiger partial charge on any atom is -0.488 e. The molecule has 0 aromatic heterocycles.